The molecule has 4 aromatic rings. The summed E-state index contributed by atoms with van der Waals surface area (Å²) in [5, 5.41) is 15.0. The molecule has 1 aliphatic heterocycles. The number of pyridine rings is 2. The van der Waals surface area contributed by atoms with Crippen molar-refractivity contribution in [3.8, 4) is 22.8 Å². The third kappa shape index (κ3) is 7.38. The number of hydrogen-bond acceptors (Lipinski definition) is 9. The zero-order valence-corrected chi connectivity index (χ0v) is 27.6. The molecule has 4 N–H and O–H groups in total. The predicted molar refractivity (Wildman–Crippen MR) is 176 cm³/mol. The molecule has 0 saturated heterocycles. The first-order valence-electron chi connectivity index (χ1n) is 15.6. The number of nitrogens with two attached hydrogens (primary N) is 1. The van der Waals surface area contributed by atoms with Crippen LogP contribution in [0.2, 0.25) is 0 Å². The lowest BCUT2D eigenvalue weighted by Gasteiger charge is -2.26. The summed E-state index contributed by atoms with van der Waals surface area (Å²) >= 11 is 0. The van der Waals surface area contributed by atoms with Crippen molar-refractivity contribution in [2.24, 2.45) is 5.73 Å². The molecule has 2 amide bonds. The number of amides is 2. The molecule has 2 aromatic heterocycles. The van der Waals surface area contributed by atoms with E-state index in [1.165, 1.54) is 31.2 Å². The Morgan fingerprint density at radius 1 is 1.10 bits per heavy atom. The molecule has 252 valence electrons. The number of benzene rings is 2. The molecule has 0 saturated carbocycles. The van der Waals surface area contributed by atoms with E-state index < -0.39 is 34.4 Å². The Kier molecular flexibility index (Phi) is 9.41. The number of Topliss-reactive ketones (excluding diaryl/α,β-unsaturated/α-hetero) is 1. The van der Waals surface area contributed by atoms with Crippen LogP contribution in [0.15, 0.2) is 60.8 Å². The second-order valence-corrected chi connectivity index (χ2v) is 13.2. The smallest absolute Gasteiger partial charge is 0.407 e. The molecule has 5 rings (SSSR count). The van der Waals surface area contributed by atoms with Gasteiger partial charge in [-0.3, -0.25) is 14.6 Å². The molecule has 2 atom stereocenters. The third-order valence-corrected chi connectivity index (χ3v) is 8.14. The Hall–Kier alpha value is -5.10. The van der Waals surface area contributed by atoms with Crippen LogP contribution in [0, 0.1) is 5.82 Å². The van der Waals surface area contributed by atoms with E-state index in [9.17, 15) is 23.9 Å². The van der Waals surface area contributed by atoms with Crippen LogP contribution in [0.5, 0.6) is 11.5 Å². The summed E-state index contributed by atoms with van der Waals surface area (Å²) in [5.74, 6) is -0.609. The summed E-state index contributed by atoms with van der Waals surface area (Å²) in [6.07, 6.45) is 0.965. The summed E-state index contributed by atoms with van der Waals surface area (Å²) in [6.45, 7) is 8.75. The van der Waals surface area contributed by atoms with E-state index in [4.69, 9.17) is 24.9 Å². The number of nitrogens with one attached hydrogen (secondary N) is 1. The van der Waals surface area contributed by atoms with Gasteiger partial charge in [0.05, 0.1) is 12.2 Å². The van der Waals surface area contributed by atoms with Gasteiger partial charge < -0.3 is 30.4 Å². The number of fused-ring (bicyclic) bond motifs is 2. The molecule has 0 aliphatic carbocycles. The van der Waals surface area contributed by atoms with E-state index in [0.29, 0.717) is 44.8 Å². The lowest BCUT2D eigenvalue weighted by Crippen LogP contribution is -2.40. The SMILES string of the molecule is CC(C)(C)OC(=O)NCCOc1cc(C(=O)CC[C@](C)(O)c2cc3c(c(-c4ccc(F)cc4)n2)OC[C@]3(C)C(N)=O)cc2cccnc12. The van der Waals surface area contributed by atoms with Crippen LogP contribution < -0.4 is 20.5 Å². The van der Waals surface area contributed by atoms with Crippen LogP contribution >= 0.6 is 0 Å². The van der Waals surface area contributed by atoms with Gasteiger partial charge in [0.25, 0.3) is 0 Å². The van der Waals surface area contributed by atoms with Crippen molar-refractivity contribution in [3.63, 3.8) is 0 Å². The Bertz CT molecular complexity index is 1870. The van der Waals surface area contributed by atoms with Gasteiger partial charge in [-0.05, 0) is 89.6 Å². The molecule has 0 unspecified atom stereocenters. The van der Waals surface area contributed by atoms with Crippen molar-refractivity contribution in [2.75, 3.05) is 19.8 Å². The van der Waals surface area contributed by atoms with E-state index in [1.54, 1.807) is 58.2 Å². The van der Waals surface area contributed by atoms with Gasteiger partial charge in [0, 0.05) is 34.7 Å². The highest BCUT2D eigenvalue weighted by Crippen LogP contribution is 2.46. The quantitative estimate of drug-likeness (QED) is 0.143. The van der Waals surface area contributed by atoms with Gasteiger partial charge in [0.2, 0.25) is 5.91 Å². The maximum Gasteiger partial charge on any atom is 0.407 e. The van der Waals surface area contributed by atoms with E-state index in [2.05, 4.69) is 10.3 Å². The van der Waals surface area contributed by atoms with Gasteiger partial charge in [0.15, 0.2) is 5.78 Å². The summed E-state index contributed by atoms with van der Waals surface area (Å²) in [6, 6.07) is 14.1. The normalized spacial score (nSPS) is 16.8. The Labute approximate surface area is 277 Å². The van der Waals surface area contributed by atoms with Crippen molar-refractivity contribution in [1.29, 1.82) is 0 Å². The van der Waals surface area contributed by atoms with Gasteiger partial charge in [-0.25, -0.2) is 14.2 Å². The average Bonchev–Trinajstić information content (AvgIpc) is 3.38. The van der Waals surface area contributed by atoms with Crippen LogP contribution in [0.4, 0.5) is 9.18 Å². The molecule has 48 heavy (non-hydrogen) atoms. The van der Waals surface area contributed by atoms with E-state index in [-0.39, 0.29) is 44.1 Å². The maximum absolute atomic E-state index is 13.7. The highest BCUT2D eigenvalue weighted by molar-refractivity contribution is 6.01. The molecule has 12 heteroatoms. The minimum Gasteiger partial charge on any atom is -0.489 e. The number of carbonyl (C=O) groups excluding carboxylic acids is 3. The Morgan fingerprint density at radius 2 is 1.83 bits per heavy atom. The zero-order chi connectivity index (χ0) is 34.9. The number of carbonyl (C=O) groups is 3. The minimum absolute atomic E-state index is 0.0179. The summed E-state index contributed by atoms with van der Waals surface area (Å²) < 4.78 is 30.8. The number of alkyl carbamates (subject to hydrolysis) is 1. The largest absolute Gasteiger partial charge is 0.489 e. The highest BCUT2D eigenvalue weighted by atomic mass is 19.1. The fraction of sp³-hybridized carbons (Fsp3) is 0.361. The van der Waals surface area contributed by atoms with E-state index in [0.717, 1.165) is 0 Å². The molecule has 0 radical (unpaired) electrons. The summed E-state index contributed by atoms with van der Waals surface area (Å²) in [5.41, 5.74) is 4.73. The Morgan fingerprint density at radius 3 is 2.52 bits per heavy atom. The van der Waals surface area contributed by atoms with Crippen molar-refractivity contribution < 1.29 is 38.1 Å². The van der Waals surface area contributed by atoms with Crippen LogP contribution in [-0.2, 0) is 20.5 Å². The number of ketones is 1. The highest BCUT2D eigenvalue weighted by Gasteiger charge is 2.45. The van der Waals surface area contributed by atoms with Crippen molar-refractivity contribution in [2.45, 2.75) is 64.1 Å². The third-order valence-electron chi connectivity index (χ3n) is 8.14. The van der Waals surface area contributed by atoms with Crippen LogP contribution in [-0.4, -0.2) is 58.2 Å². The number of ether oxygens (including phenoxy) is 3. The number of halogens is 1. The van der Waals surface area contributed by atoms with E-state index in [1.807, 2.05) is 6.07 Å². The molecule has 0 spiro atoms. The second kappa shape index (κ2) is 13.2. The molecule has 0 fully saturated rings. The van der Waals surface area contributed by atoms with Gasteiger partial charge in [-0.2, -0.15) is 0 Å². The number of nitrogens with zero attached hydrogens (tertiary/aromatic N) is 2. The van der Waals surface area contributed by atoms with Gasteiger partial charge in [-0.1, -0.05) is 6.07 Å². The van der Waals surface area contributed by atoms with Crippen molar-refractivity contribution in [3.05, 3.63) is 83.4 Å². The topological polar surface area (TPSA) is 163 Å². The number of primary amides is 1. The molecule has 11 nitrogen and oxygen atoms in total. The van der Waals surface area contributed by atoms with Gasteiger partial charge in [0.1, 0.15) is 58.4 Å². The van der Waals surface area contributed by atoms with Crippen molar-refractivity contribution in [1.82, 2.24) is 15.3 Å². The van der Waals surface area contributed by atoms with Gasteiger partial charge >= 0.3 is 6.09 Å². The average molecular weight is 659 g/mol. The molecule has 2 aromatic carbocycles. The second-order valence-electron chi connectivity index (χ2n) is 13.2. The van der Waals surface area contributed by atoms with Crippen LogP contribution in [0.25, 0.3) is 22.2 Å². The Balaban J connectivity index is 1.37. The monoisotopic (exact) mass is 658 g/mol. The summed E-state index contributed by atoms with van der Waals surface area (Å²) in [4.78, 5) is 47.2. The molecular formula is C36H39FN4O7. The van der Waals surface area contributed by atoms with Gasteiger partial charge in [-0.15, -0.1) is 0 Å². The molecule has 1 aliphatic rings. The minimum atomic E-state index is -1.62. The fourth-order valence-corrected chi connectivity index (χ4v) is 5.35. The van der Waals surface area contributed by atoms with Crippen LogP contribution in [0.3, 0.4) is 0 Å². The molecule has 0 bridgehead atoms. The first-order valence-corrected chi connectivity index (χ1v) is 15.6. The molecule has 3 heterocycles. The lowest BCUT2D eigenvalue weighted by molar-refractivity contribution is -0.123. The first kappa shape index (κ1) is 34.2. The van der Waals surface area contributed by atoms with E-state index >= 15 is 0 Å². The maximum atomic E-state index is 13.7. The lowest BCUT2D eigenvalue weighted by atomic mass is 9.81. The predicted octanol–water partition coefficient (Wildman–Crippen LogP) is 5.35. The fourth-order valence-electron chi connectivity index (χ4n) is 5.35. The number of rotatable bonds is 11. The first-order chi connectivity index (χ1) is 22.6. The number of hydrogen-bond donors (Lipinski definition) is 3. The zero-order valence-electron chi connectivity index (χ0n) is 27.6. The van der Waals surface area contributed by atoms with Crippen LogP contribution in [0.1, 0.15) is 69.1 Å². The standard InChI is InChI=1S/C36H39FN4O7/c1-34(2,3)48-33(44)40-15-16-46-27-18-23(17-22-7-6-14-39-29(22)27)26(42)12-13-36(5,45)28-19-25-31(47-20-35(25,4)32(38)43)30(41-28)21-8-10-24(37)11-9-21/h6-11,14,17-19,45H,12-13,15-16,20H2,1-5H3,(H2,38,43)(H,40,44)/t35-,36-/m0/s1. The summed E-state index contributed by atoms with van der Waals surface area (Å²) in [7, 11) is 0. The number of aliphatic hydroxyl groups is 1. The molecular weight excluding hydrogens is 619 g/mol. The number of aromatic nitrogens is 2. The van der Waals surface area contributed by atoms with Crippen molar-refractivity contribution >= 4 is 28.7 Å².